The predicted molar refractivity (Wildman–Crippen MR) is 107 cm³/mol. The summed E-state index contributed by atoms with van der Waals surface area (Å²) in [7, 11) is 0. The first kappa shape index (κ1) is 19.2. The maximum atomic E-state index is 13.0. The second kappa shape index (κ2) is 8.42. The van der Waals surface area contributed by atoms with E-state index in [4.69, 9.17) is 4.55 Å². The lowest BCUT2D eigenvalue weighted by molar-refractivity contribution is 0.0806. The second-order valence-corrected chi connectivity index (χ2v) is 8.65. The Bertz CT molecular complexity index is 818. The summed E-state index contributed by atoms with van der Waals surface area (Å²) in [5.41, 5.74) is 1.60. The Kier molecular flexibility index (Phi) is 6.22. The Morgan fingerprint density at radius 1 is 1.23 bits per heavy atom. The van der Waals surface area contributed by atoms with Crippen LogP contribution in [0, 0.1) is 11.8 Å². The molecule has 2 aromatic carbocycles. The Morgan fingerprint density at radius 2 is 1.96 bits per heavy atom. The van der Waals surface area contributed by atoms with E-state index in [1.165, 1.54) is 0 Å². The summed E-state index contributed by atoms with van der Waals surface area (Å²) < 4.78 is 20.0. The molecular formula is C21H27NO3S. The average molecular weight is 374 g/mol. The highest BCUT2D eigenvalue weighted by Crippen LogP contribution is 2.25. The standard InChI is InChI=1S/C21H27NO3S/c1-15(2)12-22-9-3-4-20(13-22)21(23)19-8-7-17-10-16(14-26(24)25)5-6-18(17)11-19/h5-8,10-11,15,20H,3-4,9,12-14H2,1-2H3,(H,24,25). The summed E-state index contributed by atoms with van der Waals surface area (Å²) in [5.74, 6) is 1.06. The lowest BCUT2D eigenvalue weighted by Crippen LogP contribution is -2.40. The van der Waals surface area contributed by atoms with Crippen molar-refractivity contribution in [1.82, 2.24) is 4.90 Å². The molecule has 26 heavy (non-hydrogen) atoms. The molecule has 1 saturated heterocycles. The van der Waals surface area contributed by atoms with E-state index in [0.717, 1.165) is 54.4 Å². The molecule has 2 unspecified atom stereocenters. The molecule has 2 atom stereocenters. The predicted octanol–water partition coefficient (Wildman–Crippen LogP) is 4.11. The van der Waals surface area contributed by atoms with Crippen molar-refractivity contribution < 1.29 is 13.6 Å². The van der Waals surface area contributed by atoms with E-state index in [0.29, 0.717) is 5.92 Å². The molecule has 0 amide bonds. The van der Waals surface area contributed by atoms with Crippen molar-refractivity contribution in [1.29, 1.82) is 0 Å². The largest absolute Gasteiger partial charge is 0.306 e. The van der Waals surface area contributed by atoms with Crippen molar-refractivity contribution in [3.8, 4) is 0 Å². The van der Waals surface area contributed by atoms with Gasteiger partial charge in [-0.2, -0.15) is 0 Å². The molecular weight excluding hydrogens is 346 g/mol. The number of ketones is 1. The van der Waals surface area contributed by atoms with Crippen LogP contribution >= 0.6 is 0 Å². The van der Waals surface area contributed by atoms with E-state index in [1.54, 1.807) is 0 Å². The maximum absolute atomic E-state index is 13.0. The van der Waals surface area contributed by atoms with E-state index in [1.807, 2.05) is 36.4 Å². The Labute approximate surface area is 157 Å². The zero-order valence-electron chi connectivity index (χ0n) is 15.5. The zero-order valence-corrected chi connectivity index (χ0v) is 16.3. The van der Waals surface area contributed by atoms with Crippen LogP contribution in [-0.2, 0) is 16.8 Å². The number of carbonyl (C=O) groups is 1. The van der Waals surface area contributed by atoms with Gasteiger partial charge in [-0.05, 0) is 47.7 Å². The molecule has 1 aliphatic rings. The summed E-state index contributed by atoms with van der Waals surface area (Å²) in [5, 5.41) is 1.99. The fourth-order valence-electron chi connectivity index (χ4n) is 3.87. The normalized spacial score (nSPS) is 19.8. The summed E-state index contributed by atoms with van der Waals surface area (Å²) in [6.45, 7) is 7.44. The highest BCUT2D eigenvalue weighted by molar-refractivity contribution is 7.78. The van der Waals surface area contributed by atoms with E-state index >= 15 is 0 Å². The zero-order chi connectivity index (χ0) is 18.7. The molecule has 1 fully saturated rings. The molecule has 1 heterocycles. The number of nitrogens with zero attached hydrogens (tertiary/aromatic N) is 1. The Morgan fingerprint density at radius 3 is 2.69 bits per heavy atom. The van der Waals surface area contributed by atoms with Crippen molar-refractivity contribution in [3.05, 3.63) is 47.5 Å². The van der Waals surface area contributed by atoms with Gasteiger partial charge >= 0.3 is 0 Å². The van der Waals surface area contributed by atoms with Crippen LogP contribution in [0.5, 0.6) is 0 Å². The lowest BCUT2D eigenvalue weighted by Gasteiger charge is -2.33. The molecule has 0 saturated carbocycles. The van der Waals surface area contributed by atoms with Crippen LogP contribution in [0.3, 0.4) is 0 Å². The molecule has 2 aromatic rings. The maximum Gasteiger partial charge on any atom is 0.167 e. The number of hydrogen-bond acceptors (Lipinski definition) is 3. The Hall–Kier alpha value is -1.56. The van der Waals surface area contributed by atoms with Gasteiger partial charge in [0.25, 0.3) is 0 Å². The third kappa shape index (κ3) is 4.78. The molecule has 0 aliphatic carbocycles. The first-order chi connectivity index (χ1) is 12.4. The number of rotatable bonds is 6. The van der Waals surface area contributed by atoms with Gasteiger partial charge in [-0.3, -0.25) is 4.79 Å². The van der Waals surface area contributed by atoms with Crippen LogP contribution in [-0.4, -0.2) is 39.1 Å². The molecule has 1 aliphatic heterocycles. The third-order valence-electron chi connectivity index (χ3n) is 4.98. The van der Waals surface area contributed by atoms with Gasteiger partial charge in [0, 0.05) is 24.6 Å². The topological polar surface area (TPSA) is 57.6 Å². The third-order valence-corrected chi connectivity index (χ3v) is 5.56. The van der Waals surface area contributed by atoms with Gasteiger partial charge in [0.1, 0.15) is 0 Å². The monoisotopic (exact) mass is 373 g/mol. The number of benzene rings is 2. The minimum absolute atomic E-state index is 0.0797. The minimum atomic E-state index is -1.84. The molecule has 0 radical (unpaired) electrons. The van der Waals surface area contributed by atoms with Gasteiger partial charge in [0.2, 0.25) is 0 Å². The quantitative estimate of drug-likeness (QED) is 0.611. The van der Waals surface area contributed by atoms with Crippen LogP contribution in [0.4, 0.5) is 0 Å². The van der Waals surface area contributed by atoms with E-state index in [9.17, 15) is 9.00 Å². The molecule has 0 spiro atoms. The number of hydrogen-bond donors (Lipinski definition) is 1. The summed E-state index contributed by atoms with van der Waals surface area (Å²) in [6, 6.07) is 11.5. The van der Waals surface area contributed by atoms with Crippen LogP contribution in [0.25, 0.3) is 10.8 Å². The van der Waals surface area contributed by atoms with Gasteiger partial charge in [-0.25, -0.2) is 4.21 Å². The fourth-order valence-corrected chi connectivity index (χ4v) is 4.33. The number of likely N-dealkylation sites (tertiary alicyclic amines) is 1. The van der Waals surface area contributed by atoms with Crippen molar-refractivity contribution in [2.75, 3.05) is 19.6 Å². The number of piperidine rings is 1. The molecule has 0 aromatic heterocycles. The SMILES string of the molecule is CC(C)CN1CCCC(C(=O)c2ccc3cc(CS(=O)O)ccc3c2)C1. The summed E-state index contributed by atoms with van der Waals surface area (Å²) in [6.07, 6.45) is 2.05. The number of carbonyl (C=O) groups excluding carboxylic acids is 1. The number of fused-ring (bicyclic) bond motifs is 1. The van der Waals surface area contributed by atoms with Gasteiger partial charge in [-0.1, -0.05) is 44.2 Å². The van der Waals surface area contributed by atoms with Crippen molar-refractivity contribution >= 4 is 27.6 Å². The van der Waals surface area contributed by atoms with Crippen LogP contribution < -0.4 is 0 Å². The smallest absolute Gasteiger partial charge is 0.167 e. The second-order valence-electron chi connectivity index (χ2n) is 7.72. The summed E-state index contributed by atoms with van der Waals surface area (Å²) >= 11 is -1.84. The highest BCUT2D eigenvalue weighted by atomic mass is 32.2. The van der Waals surface area contributed by atoms with Gasteiger partial charge in [-0.15, -0.1) is 0 Å². The molecule has 140 valence electrons. The average Bonchev–Trinajstić information content (AvgIpc) is 2.60. The van der Waals surface area contributed by atoms with Crippen molar-refractivity contribution in [3.63, 3.8) is 0 Å². The first-order valence-electron chi connectivity index (χ1n) is 9.29. The molecule has 3 rings (SSSR count). The Balaban J connectivity index is 1.76. The number of Topliss-reactive ketones (excluding diaryl/α,β-unsaturated/α-hetero) is 1. The van der Waals surface area contributed by atoms with E-state index in [2.05, 4.69) is 18.7 Å². The lowest BCUT2D eigenvalue weighted by atomic mass is 9.89. The van der Waals surface area contributed by atoms with E-state index < -0.39 is 11.1 Å². The highest BCUT2D eigenvalue weighted by Gasteiger charge is 2.26. The fraction of sp³-hybridized carbons (Fsp3) is 0.476. The van der Waals surface area contributed by atoms with Gasteiger partial charge in [0.15, 0.2) is 16.9 Å². The van der Waals surface area contributed by atoms with Gasteiger partial charge in [0.05, 0.1) is 5.75 Å². The first-order valence-corrected chi connectivity index (χ1v) is 10.6. The van der Waals surface area contributed by atoms with Crippen LogP contribution in [0.15, 0.2) is 36.4 Å². The van der Waals surface area contributed by atoms with Crippen molar-refractivity contribution in [2.45, 2.75) is 32.4 Å². The molecule has 4 nitrogen and oxygen atoms in total. The van der Waals surface area contributed by atoms with Gasteiger partial charge < -0.3 is 9.45 Å². The van der Waals surface area contributed by atoms with Crippen molar-refractivity contribution in [2.24, 2.45) is 11.8 Å². The molecule has 5 heteroatoms. The summed E-state index contributed by atoms with van der Waals surface area (Å²) in [4.78, 5) is 15.4. The molecule has 0 bridgehead atoms. The minimum Gasteiger partial charge on any atom is -0.306 e. The van der Waals surface area contributed by atoms with E-state index in [-0.39, 0.29) is 17.5 Å². The van der Waals surface area contributed by atoms with Crippen LogP contribution in [0.2, 0.25) is 0 Å². The molecule has 1 N–H and O–H groups in total. The van der Waals surface area contributed by atoms with Crippen LogP contribution in [0.1, 0.15) is 42.6 Å².